The maximum Gasteiger partial charge on any atom is 0.320 e. The molecular formula is C18H15N5O4S. The van der Waals surface area contributed by atoms with Gasteiger partial charge in [-0.1, -0.05) is 0 Å². The zero-order valence-electron chi connectivity index (χ0n) is 14.8. The maximum atomic E-state index is 13.1. The molecule has 0 saturated heterocycles. The zero-order chi connectivity index (χ0) is 19.8. The zero-order valence-corrected chi connectivity index (χ0v) is 15.7. The second kappa shape index (κ2) is 6.97. The summed E-state index contributed by atoms with van der Waals surface area (Å²) in [6, 6.07) is 3.35. The van der Waals surface area contributed by atoms with Gasteiger partial charge in [0.2, 0.25) is 5.69 Å². The number of aryl methyl sites for hydroxylation is 2. The Morgan fingerprint density at radius 1 is 1.36 bits per heavy atom. The molecule has 28 heavy (non-hydrogen) atoms. The van der Waals surface area contributed by atoms with Crippen LogP contribution in [-0.4, -0.2) is 31.4 Å². The third kappa shape index (κ3) is 3.07. The Bertz CT molecular complexity index is 1100. The van der Waals surface area contributed by atoms with Crippen molar-refractivity contribution >= 4 is 33.7 Å². The summed E-state index contributed by atoms with van der Waals surface area (Å²) >= 11 is 1.34. The molecule has 0 atom stereocenters. The van der Waals surface area contributed by atoms with Gasteiger partial charge in [-0.15, -0.1) is 11.3 Å². The Morgan fingerprint density at radius 2 is 2.18 bits per heavy atom. The monoisotopic (exact) mass is 397 g/mol. The molecule has 0 fully saturated rings. The van der Waals surface area contributed by atoms with Gasteiger partial charge in [-0.2, -0.15) is 5.10 Å². The second-order valence-electron chi connectivity index (χ2n) is 6.38. The van der Waals surface area contributed by atoms with E-state index in [0.717, 1.165) is 29.7 Å². The van der Waals surface area contributed by atoms with Crippen LogP contribution in [-0.2, 0) is 19.9 Å². The van der Waals surface area contributed by atoms with Crippen LogP contribution in [0.1, 0.15) is 43.3 Å². The van der Waals surface area contributed by atoms with Crippen LogP contribution >= 0.6 is 11.3 Å². The van der Waals surface area contributed by atoms with Crippen molar-refractivity contribution in [3.63, 3.8) is 0 Å². The summed E-state index contributed by atoms with van der Waals surface area (Å²) in [6.07, 6.45) is 6.79. The molecule has 0 bridgehead atoms. The highest BCUT2D eigenvalue weighted by Gasteiger charge is 2.31. The van der Waals surface area contributed by atoms with E-state index in [4.69, 9.17) is 0 Å². The molecule has 1 amide bonds. The van der Waals surface area contributed by atoms with Crippen LogP contribution in [0.4, 0.5) is 10.7 Å². The molecule has 1 aliphatic carbocycles. The molecule has 4 rings (SSSR count). The van der Waals surface area contributed by atoms with Gasteiger partial charge in [0.25, 0.3) is 5.91 Å². The van der Waals surface area contributed by atoms with Crippen LogP contribution < -0.4 is 5.32 Å². The van der Waals surface area contributed by atoms with Crippen LogP contribution in [0, 0.1) is 10.1 Å². The molecule has 0 saturated carbocycles. The average Bonchev–Trinajstić information content (AvgIpc) is 3.36. The van der Waals surface area contributed by atoms with Crippen LogP contribution in [0.25, 0.3) is 0 Å². The lowest BCUT2D eigenvalue weighted by atomic mass is 10.0. The number of ketones is 1. The van der Waals surface area contributed by atoms with E-state index < -0.39 is 10.8 Å². The minimum absolute atomic E-state index is 0.224. The number of carbonyl (C=O) groups excluding carboxylic acids is 2. The molecule has 0 unspecified atom stereocenters. The fourth-order valence-electron chi connectivity index (χ4n) is 3.31. The molecule has 0 aromatic carbocycles. The summed E-state index contributed by atoms with van der Waals surface area (Å²) in [6.45, 7) is 0. The van der Waals surface area contributed by atoms with Gasteiger partial charge in [-0.25, -0.2) is 0 Å². The van der Waals surface area contributed by atoms with Crippen molar-refractivity contribution in [2.24, 2.45) is 7.05 Å². The molecule has 3 aromatic heterocycles. The topological polar surface area (TPSA) is 120 Å². The summed E-state index contributed by atoms with van der Waals surface area (Å²) in [5.74, 6) is -0.939. The third-order valence-corrected chi connectivity index (χ3v) is 5.73. The fraction of sp³-hybridized carbons (Fsp3) is 0.222. The Balaban J connectivity index is 1.72. The van der Waals surface area contributed by atoms with Gasteiger partial charge in [-0.3, -0.25) is 29.4 Å². The van der Waals surface area contributed by atoms with Gasteiger partial charge in [0, 0.05) is 29.9 Å². The van der Waals surface area contributed by atoms with Gasteiger partial charge in [-0.05, 0) is 37.0 Å². The van der Waals surface area contributed by atoms with E-state index >= 15 is 0 Å². The highest BCUT2D eigenvalue weighted by Crippen LogP contribution is 2.40. The van der Waals surface area contributed by atoms with E-state index in [1.54, 1.807) is 18.3 Å². The molecule has 0 spiro atoms. The van der Waals surface area contributed by atoms with Crippen molar-refractivity contribution in [3.05, 3.63) is 68.1 Å². The molecule has 1 aliphatic rings. The number of nitrogens with zero attached hydrogens (tertiary/aromatic N) is 4. The maximum absolute atomic E-state index is 13.1. The number of nitrogens with one attached hydrogen (secondary N) is 1. The van der Waals surface area contributed by atoms with Crippen molar-refractivity contribution in [2.75, 3.05) is 5.32 Å². The minimum atomic E-state index is -0.715. The lowest BCUT2D eigenvalue weighted by Gasteiger charge is -2.07. The number of hydrogen-bond acceptors (Lipinski definition) is 7. The number of carbonyl (C=O) groups is 2. The normalized spacial score (nSPS) is 12.6. The second-order valence-corrected chi connectivity index (χ2v) is 7.49. The Hall–Kier alpha value is -3.40. The predicted molar refractivity (Wildman–Crippen MR) is 102 cm³/mol. The molecule has 0 aliphatic heterocycles. The van der Waals surface area contributed by atoms with E-state index in [2.05, 4.69) is 15.4 Å². The van der Waals surface area contributed by atoms with Gasteiger partial charge in [0.05, 0.1) is 10.5 Å². The first-order valence-electron chi connectivity index (χ1n) is 8.54. The van der Waals surface area contributed by atoms with Crippen molar-refractivity contribution in [1.29, 1.82) is 0 Å². The lowest BCUT2D eigenvalue weighted by molar-refractivity contribution is -0.385. The van der Waals surface area contributed by atoms with Crippen molar-refractivity contribution in [3.8, 4) is 0 Å². The molecule has 3 aromatic rings. The SMILES string of the molecule is Cn1cc([N+](=O)[O-])c(C(=O)Nc2sc3c(c2C(=O)c2cccnc2)CCC3)n1. The molecular weight excluding hydrogens is 382 g/mol. The quantitative estimate of drug-likeness (QED) is 0.401. The number of anilines is 1. The van der Waals surface area contributed by atoms with Gasteiger partial charge >= 0.3 is 5.69 Å². The third-order valence-electron chi connectivity index (χ3n) is 4.52. The summed E-state index contributed by atoms with van der Waals surface area (Å²) in [4.78, 5) is 41.3. The van der Waals surface area contributed by atoms with E-state index in [0.29, 0.717) is 16.1 Å². The van der Waals surface area contributed by atoms with Crippen molar-refractivity contribution in [1.82, 2.24) is 14.8 Å². The minimum Gasteiger partial charge on any atom is -0.311 e. The highest BCUT2D eigenvalue weighted by atomic mass is 32.1. The fourth-order valence-corrected chi connectivity index (χ4v) is 4.59. The standard InChI is InChI=1S/C18H15N5O4S/c1-22-9-12(23(26)27)15(21-22)17(25)20-18-14(11-5-2-6-13(11)28-18)16(24)10-4-3-7-19-8-10/h3-4,7-9H,2,5-6H2,1H3,(H,20,25). The number of thiophene rings is 1. The van der Waals surface area contributed by atoms with Crippen LogP contribution in [0.5, 0.6) is 0 Å². The molecule has 142 valence electrons. The van der Waals surface area contributed by atoms with Crippen molar-refractivity contribution in [2.45, 2.75) is 19.3 Å². The smallest absolute Gasteiger partial charge is 0.311 e. The molecule has 9 nitrogen and oxygen atoms in total. The lowest BCUT2D eigenvalue weighted by Crippen LogP contribution is -2.16. The summed E-state index contributed by atoms with van der Waals surface area (Å²) in [5.41, 5.74) is 1.13. The number of nitro groups is 1. The number of fused-ring (bicyclic) bond motifs is 1. The van der Waals surface area contributed by atoms with Gasteiger partial charge in [0.15, 0.2) is 5.78 Å². The summed E-state index contributed by atoms with van der Waals surface area (Å²) in [5, 5.41) is 18.1. The first kappa shape index (κ1) is 18.0. The number of aromatic nitrogens is 3. The Labute approximate surface area is 163 Å². The first-order chi connectivity index (χ1) is 13.5. The van der Waals surface area contributed by atoms with Gasteiger partial charge < -0.3 is 5.32 Å². The number of rotatable bonds is 5. The Morgan fingerprint density at radius 3 is 2.89 bits per heavy atom. The predicted octanol–water partition coefficient (Wildman–Crippen LogP) is 2.76. The number of hydrogen-bond donors (Lipinski definition) is 1. The number of amides is 1. The molecule has 10 heteroatoms. The highest BCUT2D eigenvalue weighted by molar-refractivity contribution is 7.17. The number of pyridine rings is 1. The molecule has 1 N–H and O–H groups in total. The van der Waals surface area contributed by atoms with E-state index in [-0.39, 0.29) is 17.2 Å². The molecule has 0 radical (unpaired) electrons. The van der Waals surface area contributed by atoms with E-state index in [9.17, 15) is 19.7 Å². The van der Waals surface area contributed by atoms with Crippen LogP contribution in [0.2, 0.25) is 0 Å². The average molecular weight is 397 g/mol. The molecule has 3 heterocycles. The van der Waals surface area contributed by atoms with Crippen LogP contribution in [0.3, 0.4) is 0 Å². The van der Waals surface area contributed by atoms with E-state index in [1.807, 2.05) is 0 Å². The van der Waals surface area contributed by atoms with E-state index in [1.165, 1.54) is 35.5 Å². The van der Waals surface area contributed by atoms with Crippen LogP contribution in [0.15, 0.2) is 30.7 Å². The first-order valence-corrected chi connectivity index (χ1v) is 9.36. The van der Waals surface area contributed by atoms with Gasteiger partial charge in [0.1, 0.15) is 11.2 Å². The summed E-state index contributed by atoms with van der Waals surface area (Å²) in [7, 11) is 1.50. The Kier molecular flexibility index (Phi) is 4.47. The summed E-state index contributed by atoms with van der Waals surface area (Å²) < 4.78 is 1.21. The largest absolute Gasteiger partial charge is 0.320 e. The van der Waals surface area contributed by atoms with Crippen molar-refractivity contribution < 1.29 is 14.5 Å².